The molecule has 1 aromatic heterocycles. The minimum Gasteiger partial charge on any atom is -0.326 e. The smallest absolute Gasteiger partial charge is 0.141 e. The fourth-order valence-corrected chi connectivity index (χ4v) is 4.58. The molecule has 31 heavy (non-hydrogen) atoms. The average molecular weight is 523 g/mol. The van der Waals surface area contributed by atoms with Gasteiger partial charge in [0.15, 0.2) is 0 Å². The molecule has 0 atom stereocenters. The zero-order valence-corrected chi connectivity index (χ0v) is 21.3. The number of imidazole rings is 1. The van der Waals surface area contributed by atoms with Gasteiger partial charge in [-0.1, -0.05) is 92.4 Å². The van der Waals surface area contributed by atoms with Crippen molar-refractivity contribution in [2.24, 2.45) is 0 Å². The highest BCUT2D eigenvalue weighted by molar-refractivity contribution is 9.10. The van der Waals surface area contributed by atoms with Gasteiger partial charge in [-0.05, 0) is 46.9 Å². The lowest BCUT2D eigenvalue weighted by Gasteiger charge is -2.24. The molecule has 0 bridgehead atoms. The van der Waals surface area contributed by atoms with Gasteiger partial charge < -0.3 is 4.57 Å². The third-order valence-corrected chi connectivity index (χ3v) is 6.91. The molecule has 0 saturated carbocycles. The van der Waals surface area contributed by atoms with Crippen LogP contribution in [0.3, 0.4) is 0 Å². The third-order valence-electron chi connectivity index (χ3n) is 5.42. The molecular weight excluding hydrogens is 493 g/mol. The van der Waals surface area contributed by atoms with Crippen LogP contribution in [0.2, 0.25) is 10.0 Å². The number of unbranched alkanes of at least 4 members (excludes halogenated alkanes) is 2. The molecule has 0 aliphatic heterocycles. The second-order valence-electron chi connectivity index (χ2n) is 7.82. The Labute approximate surface area is 204 Å². The number of hydrogen-bond donors (Lipinski definition) is 0. The molecule has 3 nitrogen and oxygen atoms in total. The minimum absolute atomic E-state index is 0.607. The lowest BCUT2D eigenvalue weighted by Crippen LogP contribution is -2.26. The summed E-state index contributed by atoms with van der Waals surface area (Å²) in [5, 5.41) is 1.25. The molecule has 0 radical (unpaired) electrons. The average Bonchev–Trinajstić information content (AvgIpc) is 3.09. The Morgan fingerprint density at radius 3 is 2.39 bits per heavy atom. The maximum Gasteiger partial charge on any atom is 0.141 e. The van der Waals surface area contributed by atoms with Crippen LogP contribution in [0.4, 0.5) is 0 Å². The van der Waals surface area contributed by atoms with Crippen LogP contribution in [-0.2, 0) is 19.6 Å². The van der Waals surface area contributed by atoms with Crippen LogP contribution in [0, 0.1) is 0 Å². The van der Waals surface area contributed by atoms with Crippen molar-refractivity contribution >= 4 is 39.1 Å². The summed E-state index contributed by atoms with van der Waals surface area (Å²) in [5.41, 5.74) is 3.41. The highest BCUT2D eigenvalue weighted by atomic mass is 79.9. The van der Waals surface area contributed by atoms with Gasteiger partial charge in [0.25, 0.3) is 0 Å². The molecule has 0 amide bonds. The summed E-state index contributed by atoms with van der Waals surface area (Å²) in [4.78, 5) is 7.36. The lowest BCUT2D eigenvalue weighted by atomic mass is 10.2. The molecule has 0 fully saturated rings. The van der Waals surface area contributed by atoms with E-state index in [0.29, 0.717) is 10.0 Å². The van der Waals surface area contributed by atoms with Gasteiger partial charge in [-0.25, -0.2) is 4.98 Å². The topological polar surface area (TPSA) is 21.1 Å². The van der Waals surface area contributed by atoms with Crippen molar-refractivity contribution in [3.8, 4) is 11.4 Å². The first-order chi connectivity index (χ1) is 15.0. The second kappa shape index (κ2) is 12.1. The molecule has 0 unspecified atom stereocenters. The normalized spacial score (nSPS) is 11.4. The predicted molar refractivity (Wildman–Crippen MR) is 136 cm³/mol. The Morgan fingerprint density at radius 1 is 0.935 bits per heavy atom. The summed E-state index contributed by atoms with van der Waals surface area (Å²) in [6.07, 6.45) is 4.53. The van der Waals surface area contributed by atoms with Crippen LogP contribution in [0.5, 0.6) is 0 Å². The molecule has 1 heterocycles. The van der Waals surface area contributed by atoms with Crippen LogP contribution < -0.4 is 0 Å². The van der Waals surface area contributed by atoms with Crippen molar-refractivity contribution in [3.63, 3.8) is 0 Å². The van der Waals surface area contributed by atoms with Crippen molar-refractivity contribution in [1.29, 1.82) is 0 Å². The lowest BCUT2D eigenvalue weighted by molar-refractivity contribution is 0.245. The number of nitrogens with zero attached hydrogens (tertiary/aromatic N) is 3. The van der Waals surface area contributed by atoms with Gasteiger partial charge in [-0.15, -0.1) is 0 Å². The maximum absolute atomic E-state index is 6.50. The van der Waals surface area contributed by atoms with Crippen LogP contribution in [-0.4, -0.2) is 21.0 Å². The molecule has 0 aliphatic rings. The van der Waals surface area contributed by atoms with Gasteiger partial charge >= 0.3 is 0 Å². The summed E-state index contributed by atoms with van der Waals surface area (Å²) >= 11 is 16.5. The van der Waals surface area contributed by atoms with Crippen molar-refractivity contribution in [2.45, 2.75) is 59.2 Å². The van der Waals surface area contributed by atoms with Gasteiger partial charge in [-0.2, -0.15) is 0 Å². The van der Waals surface area contributed by atoms with Crippen molar-refractivity contribution in [1.82, 2.24) is 14.5 Å². The molecule has 0 aliphatic carbocycles. The highest BCUT2D eigenvalue weighted by Gasteiger charge is 2.20. The summed E-state index contributed by atoms with van der Waals surface area (Å²) in [6, 6.07) is 16.3. The minimum atomic E-state index is 0.607. The molecule has 2 aromatic carbocycles. The van der Waals surface area contributed by atoms with Crippen LogP contribution in [0.25, 0.3) is 11.4 Å². The highest BCUT2D eigenvalue weighted by Crippen LogP contribution is 2.30. The van der Waals surface area contributed by atoms with E-state index < -0.39 is 0 Å². The fraction of sp³-hybridized carbons (Fsp3) is 0.400. The monoisotopic (exact) mass is 521 g/mol. The van der Waals surface area contributed by atoms with Crippen molar-refractivity contribution < 1.29 is 0 Å². The van der Waals surface area contributed by atoms with E-state index >= 15 is 0 Å². The first-order valence-electron chi connectivity index (χ1n) is 11.0. The summed E-state index contributed by atoms with van der Waals surface area (Å²) in [5.74, 6) is 1.02. The Morgan fingerprint density at radius 2 is 1.68 bits per heavy atom. The summed E-state index contributed by atoms with van der Waals surface area (Å²) in [6.45, 7) is 7.94. The quantitative estimate of drug-likeness (QED) is 0.253. The van der Waals surface area contributed by atoms with Gasteiger partial charge in [0.05, 0.1) is 15.7 Å². The standard InChI is InChI=1S/C25H30BrCl2N3/c1-3-5-15-30(17-20-13-10-14-21(27)23(20)28)18-22-24(26)29-25(31(22)16-6-4-2)19-11-8-7-9-12-19/h7-14H,3-6,15-18H2,1-2H3. The third kappa shape index (κ3) is 6.35. The first kappa shape index (κ1) is 24.3. The number of benzene rings is 2. The zero-order chi connectivity index (χ0) is 22.2. The van der Waals surface area contributed by atoms with E-state index in [1.807, 2.05) is 18.2 Å². The number of aromatic nitrogens is 2. The number of hydrogen-bond acceptors (Lipinski definition) is 2. The fourth-order valence-electron chi connectivity index (χ4n) is 3.69. The van der Waals surface area contributed by atoms with E-state index in [1.165, 1.54) is 5.69 Å². The Bertz CT molecular complexity index is 972. The molecule has 0 spiro atoms. The summed E-state index contributed by atoms with van der Waals surface area (Å²) in [7, 11) is 0. The van der Waals surface area contributed by atoms with E-state index in [1.54, 1.807) is 0 Å². The molecule has 6 heteroatoms. The van der Waals surface area contributed by atoms with Gasteiger partial charge in [0.1, 0.15) is 10.4 Å². The molecule has 0 N–H and O–H groups in total. The van der Waals surface area contributed by atoms with Gasteiger partial charge in [0.2, 0.25) is 0 Å². The van der Waals surface area contributed by atoms with E-state index in [9.17, 15) is 0 Å². The van der Waals surface area contributed by atoms with E-state index in [4.69, 9.17) is 28.2 Å². The Balaban J connectivity index is 1.94. The molecule has 3 aromatic rings. The molecular formula is C25H30BrCl2N3. The van der Waals surface area contributed by atoms with Crippen LogP contribution >= 0.6 is 39.1 Å². The number of rotatable bonds is 11. The van der Waals surface area contributed by atoms with Crippen molar-refractivity contribution in [2.75, 3.05) is 6.54 Å². The van der Waals surface area contributed by atoms with E-state index in [2.05, 4.69) is 69.6 Å². The Hall–Kier alpha value is -1.33. The number of halogens is 3. The maximum atomic E-state index is 6.50. The SMILES string of the molecule is CCCCN(Cc1cccc(Cl)c1Cl)Cc1c(Br)nc(-c2ccccc2)n1CCCC. The largest absolute Gasteiger partial charge is 0.326 e. The second-order valence-corrected chi connectivity index (χ2v) is 9.36. The molecule has 3 rings (SSSR count). The predicted octanol–water partition coefficient (Wildman–Crippen LogP) is 8.22. The van der Waals surface area contributed by atoms with E-state index in [-0.39, 0.29) is 0 Å². The van der Waals surface area contributed by atoms with Crippen molar-refractivity contribution in [3.05, 3.63) is 74.4 Å². The van der Waals surface area contributed by atoms with Gasteiger partial charge in [0, 0.05) is 25.2 Å². The molecule has 166 valence electrons. The summed E-state index contributed by atoms with van der Waals surface area (Å²) < 4.78 is 3.29. The van der Waals surface area contributed by atoms with E-state index in [0.717, 1.165) is 73.4 Å². The molecule has 0 saturated heterocycles. The van der Waals surface area contributed by atoms with Crippen LogP contribution in [0.1, 0.15) is 50.8 Å². The Kier molecular flexibility index (Phi) is 9.46. The van der Waals surface area contributed by atoms with Crippen LogP contribution in [0.15, 0.2) is 53.1 Å². The first-order valence-corrected chi connectivity index (χ1v) is 12.6. The van der Waals surface area contributed by atoms with Gasteiger partial charge in [-0.3, -0.25) is 4.90 Å². The zero-order valence-electron chi connectivity index (χ0n) is 18.3.